The van der Waals surface area contributed by atoms with Crippen LogP contribution in [0, 0.1) is 0 Å². The van der Waals surface area contributed by atoms with Crippen LogP contribution in [0.4, 0.5) is 10.5 Å². The van der Waals surface area contributed by atoms with E-state index >= 15 is 0 Å². The number of unbranched alkanes of at least 4 members (excludes halogenated alkanes) is 1. The van der Waals surface area contributed by atoms with E-state index in [9.17, 15) is 9.59 Å². The molecule has 3 rings (SSSR count). The van der Waals surface area contributed by atoms with Gasteiger partial charge in [-0.25, -0.2) is 10.3 Å². The van der Waals surface area contributed by atoms with Gasteiger partial charge in [-0.2, -0.15) is 0 Å². The Balaban J connectivity index is 1.53. The van der Waals surface area contributed by atoms with Crippen LogP contribution < -0.4 is 16.1 Å². The molecule has 1 atom stereocenters. The zero-order valence-corrected chi connectivity index (χ0v) is 17.8. The quantitative estimate of drug-likeness (QED) is 0.397. The van der Waals surface area contributed by atoms with Gasteiger partial charge >= 0.3 is 6.03 Å². The maximum Gasteiger partial charge on any atom is 0.319 e. The molecule has 0 aromatic heterocycles. The maximum atomic E-state index is 12.6. The average molecular weight is 420 g/mol. The SMILES string of the molecule is CCCC[C@@H](CC(=O)NOCc1ccccc1)NC(=O)Nc1cccc2ccccc12. The summed E-state index contributed by atoms with van der Waals surface area (Å²) >= 11 is 0. The number of hydroxylamine groups is 1. The summed E-state index contributed by atoms with van der Waals surface area (Å²) in [6, 6.07) is 22.7. The molecule has 3 aromatic rings. The first-order chi connectivity index (χ1) is 15.2. The number of carbonyl (C=O) groups is 2. The van der Waals surface area contributed by atoms with Crippen molar-refractivity contribution < 1.29 is 14.4 Å². The summed E-state index contributed by atoms with van der Waals surface area (Å²) in [5.74, 6) is -0.262. The number of nitrogens with one attached hydrogen (secondary N) is 3. The number of urea groups is 1. The molecule has 6 heteroatoms. The minimum Gasteiger partial charge on any atom is -0.335 e. The first kappa shape index (κ1) is 22.3. The third-order valence-electron chi connectivity index (χ3n) is 4.98. The summed E-state index contributed by atoms with van der Waals surface area (Å²) in [7, 11) is 0. The van der Waals surface area contributed by atoms with Crippen molar-refractivity contribution in [1.29, 1.82) is 0 Å². The van der Waals surface area contributed by atoms with Crippen molar-refractivity contribution in [3.8, 4) is 0 Å². The van der Waals surface area contributed by atoms with E-state index in [0.29, 0.717) is 13.0 Å². The van der Waals surface area contributed by atoms with Crippen molar-refractivity contribution in [2.24, 2.45) is 0 Å². The third-order valence-corrected chi connectivity index (χ3v) is 4.98. The van der Waals surface area contributed by atoms with Gasteiger partial charge in [-0.1, -0.05) is 86.5 Å². The second kappa shape index (κ2) is 11.7. The molecule has 0 spiro atoms. The fourth-order valence-electron chi connectivity index (χ4n) is 3.39. The molecule has 0 heterocycles. The van der Waals surface area contributed by atoms with Crippen molar-refractivity contribution in [3.63, 3.8) is 0 Å². The van der Waals surface area contributed by atoms with E-state index < -0.39 is 0 Å². The molecule has 0 aliphatic heterocycles. The smallest absolute Gasteiger partial charge is 0.319 e. The number of rotatable bonds is 10. The second-order valence-corrected chi connectivity index (χ2v) is 7.47. The Bertz CT molecular complexity index is 986. The van der Waals surface area contributed by atoms with E-state index in [4.69, 9.17) is 4.84 Å². The number of benzene rings is 3. The predicted octanol–water partition coefficient (Wildman–Crippen LogP) is 5.16. The molecule has 6 nitrogen and oxygen atoms in total. The van der Waals surface area contributed by atoms with Crippen LogP contribution >= 0.6 is 0 Å². The largest absolute Gasteiger partial charge is 0.335 e. The molecule has 0 radical (unpaired) electrons. The molecule has 0 aliphatic rings. The summed E-state index contributed by atoms with van der Waals surface area (Å²) in [5.41, 5.74) is 4.18. The summed E-state index contributed by atoms with van der Waals surface area (Å²) < 4.78 is 0. The van der Waals surface area contributed by atoms with Gasteiger partial charge in [0, 0.05) is 17.8 Å². The van der Waals surface area contributed by atoms with Crippen LogP contribution in [-0.2, 0) is 16.2 Å². The fraction of sp³-hybridized carbons (Fsp3) is 0.280. The van der Waals surface area contributed by atoms with Gasteiger partial charge in [0.05, 0.1) is 12.3 Å². The zero-order valence-electron chi connectivity index (χ0n) is 17.8. The predicted molar refractivity (Wildman–Crippen MR) is 123 cm³/mol. The van der Waals surface area contributed by atoms with E-state index in [0.717, 1.165) is 34.9 Å². The molecule has 0 fully saturated rings. The number of hydrogen-bond donors (Lipinski definition) is 3. The monoisotopic (exact) mass is 419 g/mol. The summed E-state index contributed by atoms with van der Waals surface area (Å²) in [6.45, 7) is 2.37. The van der Waals surface area contributed by atoms with Crippen LogP contribution in [0.3, 0.4) is 0 Å². The number of carbonyl (C=O) groups excluding carboxylic acids is 2. The summed E-state index contributed by atoms with van der Waals surface area (Å²) in [5, 5.41) is 7.88. The fourth-order valence-corrected chi connectivity index (χ4v) is 3.39. The molecule has 31 heavy (non-hydrogen) atoms. The Morgan fingerprint density at radius 2 is 1.68 bits per heavy atom. The van der Waals surface area contributed by atoms with Crippen molar-refractivity contribution in [2.45, 2.75) is 45.3 Å². The van der Waals surface area contributed by atoms with E-state index in [-0.39, 0.29) is 24.4 Å². The van der Waals surface area contributed by atoms with Gasteiger partial charge in [0.25, 0.3) is 0 Å². The molecule has 0 unspecified atom stereocenters. The summed E-state index contributed by atoms with van der Waals surface area (Å²) in [6.07, 6.45) is 2.76. The van der Waals surface area contributed by atoms with Crippen LogP contribution in [-0.4, -0.2) is 18.0 Å². The minimum absolute atomic E-state index is 0.151. The van der Waals surface area contributed by atoms with Crippen LogP contribution in [0.15, 0.2) is 72.8 Å². The lowest BCUT2D eigenvalue weighted by molar-refractivity contribution is -0.135. The van der Waals surface area contributed by atoms with E-state index in [1.54, 1.807) is 0 Å². The lowest BCUT2D eigenvalue weighted by Crippen LogP contribution is -2.41. The van der Waals surface area contributed by atoms with E-state index in [1.165, 1.54) is 0 Å². The highest BCUT2D eigenvalue weighted by Gasteiger charge is 2.17. The molecule has 3 N–H and O–H groups in total. The lowest BCUT2D eigenvalue weighted by Gasteiger charge is -2.19. The highest BCUT2D eigenvalue weighted by Crippen LogP contribution is 2.22. The second-order valence-electron chi connectivity index (χ2n) is 7.47. The first-order valence-corrected chi connectivity index (χ1v) is 10.7. The Morgan fingerprint density at radius 1 is 0.935 bits per heavy atom. The first-order valence-electron chi connectivity index (χ1n) is 10.7. The van der Waals surface area contributed by atoms with Gasteiger partial charge in [-0.05, 0) is 23.4 Å². The molecule has 3 aromatic carbocycles. The van der Waals surface area contributed by atoms with Gasteiger partial charge in [-0.3, -0.25) is 9.63 Å². The van der Waals surface area contributed by atoms with Gasteiger partial charge < -0.3 is 10.6 Å². The van der Waals surface area contributed by atoms with Crippen LogP contribution in [0.1, 0.15) is 38.2 Å². The topological polar surface area (TPSA) is 79.5 Å². The molecule has 0 bridgehead atoms. The Morgan fingerprint density at radius 3 is 2.48 bits per heavy atom. The molecule has 3 amide bonds. The van der Waals surface area contributed by atoms with Crippen LogP contribution in [0.2, 0.25) is 0 Å². The number of fused-ring (bicyclic) bond motifs is 1. The minimum atomic E-state index is -0.324. The zero-order chi connectivity index (χ0) is 21.9. The Labute approximate surface area is 182 Å². The molecule has 0 saturated carbocycles. The highest BCUT2D eigenvalue weighted by atomic mass is 16.6. The number of amides is 3. The standard InChI is InChI=1S/C25H29N3O3/c1-2-3-14-21(17-24(29)28-31-18-19-10-5-4-6-11-19)26-25(30)27-23-16-9-13-20-12-7-8-15-22(20)23/h4-13,15-16,21H,2-3,14,17-18H2,1H3,(H,28,29)(H2,26,27,30)/t21-/m0/s1. The van der Waals surface area contributed by atoms with E-state index in [2.05, 4.69) is 23.0 Å². The Kier molecular flexibility index (Phi) is 8.43. The average Bonchev–Trinajstić information content (AvgIpc) is 2.78. The summed E-state index contributed by atoms with van der Waals surface area (Å²) in [4.78, 5) is 30.2. The van der Waals surface area contributed by atoms with Crippen molar-refractivity contribution >= 4 is 28.4 Å². The van der Waals surface area contributed by atoms with Gasteiger partial charge in [-0.15, -0.1) is 0 Å². The molecular weight excluding hydrogens is 390 g/mol. The highest BCUT2D eigenvalue weighted by molar-refractivity contribution is 6.01. The number of hydrogen-bond acceptors (Lipinski definition) is 3. The normalized spacial score (nSPS) is 11.6. The number of anilines is 1. The van der Waals surface area contributed by atoms with Crippen molar-refractivity contribution in [3.05, 3.63) is 78.4 Å². The Hall–Kier alpha value is -3.38. The van der Waals surface area contributed by atoms with Crippen molar-refractivity contribution in [1.82, 2.24) is 10.8 Å². The lowest BCUT2D eigenvalue weighted by atomic mass is 10.1. The molecular formula is C25H29N3O3. The van der Waals surface area contributed by atoms with Crippen LogP contribution in [0.25, 0.3) is 10.8 Å². The molecule has 0 saturated heterocycles. The van der Waals surface area contributed by atoms with Crippen LogP contribution in [0.5, 0.6) is 0 Å². The van der Waals surface area contributed by atoms with Crippen molar-refractivity contribution in [2.75, 3.05) is 5.32 Å². The molecule has 162 valence electrons. The van der Waals surface area contributed by atoms with Gasteiger partial charge in [0.2, 0.25) is 5.91 Å². The van der Waals surface area contributed by atoms with Gasteiger partial charge in [0.1, 0.15) is 0 Å². The molecule has 0 aliphatic carbocycles. The maximum absolute atomic E-state index is 12.6. The third kappa shape index (κ3) is 7.12. The van der Waals surface area contributed by atoms with E-state index in [1.807, 2.05) is 72.8 Å². The van der Waals surface area contributed by atoms with Gasteiger partial charge in [0.15, 0.2) is 0 Å².